The van der Waals surface area contributed by atoms with Gasteiger partial charge in [0.05, 0.1) is 36.8 Å². The van der Waals surface area contributed by atoms with Crippen LogP contribution in [0, 0.1) is 6.92 Å². The molecule has 0 aliphatic heterocycles. The van der Waals surface area contributed by atoms with E-state index in [1.165, 1.54) is 4.88 Å². The summed E-state index contributed by atoms with van der Waals surface area (Å²) >= 11 is 1.68. The number of carbonyl (C=O) groups excluding carboxylic acids is 1. The highest BCUT2D eigenvalue weighted by Gasteiger charge is 2.19. The number of methoxy groups -OCH3 is 1. The molecule has 4 aromatic rings. The number of benzene rings is 1. The molecule has 4 rings (SSSR count). The molecule has 1 amide bonds. The highest BCUT2D eigenvalue weighted by molar-refractivity contribution is 7.09. The number of hydrogen-bond acceptors (Lipinski definition) is 6. The molecule has 166 valence electrons. The van der Waals surface area contributed by atoms with Gasteiger partial charge in [0.2, 0.25) is 0 Å². The first-order chi connectivity index (χ1) is 15.5. The zero-order valence-electron chi connectivity index (χ0n) is 18.7. The normalized spacial score (nSPS) is 12.3. The fourth-order valence-electron chi connectivity index (χ4n) is 3.74. The quantitative estimate of drug-likeness (QED) is 0.442. The summed E-state index contributed by atoms with van der Waals surface area (Å²) in [6, 6.07) is 13.9. The number of rotatable bonds is 8. The van der Waals surface area contributed by atoms with Crippen LogP contribution in [0.25, 0.3) is 11.0 Å². The van der Waals surface area contributed by atoms with Gasteiger partial charge in [-0.15, -0.1) is 11.3 Å². The summed E-state index contributed by atoms with van der Waals surface area (Å²) in [6.07, 6.45) is 1.73. The van der Waals surface area contributed by atoms with Gasteiger partial charge in [-0.2, -0.15) is 5.10 Å². The lowest BCUT2D eigenvalue weighted by atomic mass is 10.1. The molecule has 7 nitrogen and oxygen atoms in total. The molecular formula is C24H27N5O2S. The monoisotopic (exact) mass is 449 g/mol. The molecule has 0 saturated heterocycles. The van der Waals surface area contributed by atoms with Crippen LogP contribution in [0.4, 0.5) is 0 Å². The van der Waals surface area contributed by atoms with Crippen molar-refractivity contribution in [2.24, 2.45) is 0 Å². The van der Waals surface area contributed by atoms with Gasteiger partial charge in [-0.3, -0.25) is 4.79 Å². The largest absolute Gasteiger partial charge is 0.497 e. The van der Waals surface area contributed by atoms with E-state index in [9.17, 15) is 4.79 Å². The van der Waals surface area contributed by atoms with E-state index in [0.717, 1.165) is 28.0 Å². The van der Waals surface area contributed by atoms with Crippen LogP contribution < -0.4 is 10.1 Å². The number of fused-ring (bicyclic) bond motifs is 1. The molecule has 1 N–H and O–H groups in total. The van der Waals surface area contributed by atoms with Crippen molar-refractivity contribution in [2.45, 2.75) is 19.5 Å². The Morgan fingerprint density at radius 2 is 2.03 bits per heavy atom. The van der Waals surface area contributed by atoms with E-state index in [4.69, 9.17) is 4.74 Å². The molecule has 32 heavy (non-hydrogen) atoms. The van der Waals surface area contributed by atoms with Crippen molar-refractivity contribution < 1.29 is 9.53 Å². The van der Waals surface area contributed by atoms with Crippen LogP contribution in [0.1, 0.15) is 32.5 Å². The first-order valence-corrected chi connectivity index (χ1v) is 11.3. The third-order valence-electron chi connectivity index (χ3n) is 5.45. The van der Waals surface area contributed by atoms with Crippen molar-refractivity contribution in [2.75, 3.05) is 27.7 Å². The van der Waals surface area contributed by atoms with E-state index in [1.54, 1.807) is 24.6 Å². The fraction of sp³-hybridized carbons (Fsp3) is 0.292. The number of aryl methyl sites for hydroxylation is 1. The van der Waals surface area contributed by atoms with Gasteiger partial charge in [-0.05, 0) is 56.2 Å². The van der Waals surface area contributed by atoms with Crippen LogP contribution in [0.2, 0.25) is 0 Å². The van der Waals surface area contributed by atoms with Crippen LogP contribution in [0.15, 0.2) is 54.0 Å². The Bertz CT molecular complexity index is 1200. The van der Waals surface area contributed by atoms with Crippen molar-refractivity contribution in [1.29, 1.82) is 0 Å². The van der Waals surface area contributed by atoms with Gasteiger partial charge >= 0.3 is 0 Å². The zero-order chi connectivity index (χ0) is 22.7. The second-order valence-electron chi connectivity index (χ2n) is 7.89. The minimum atomic E-state index is -0.128. The molecule has 1 aromatic carbocycles. The van der Waals surface area contributed by atoms with Crippen molar-refractivity contribution in [3.05, 3.63) is 75.7 Å². The highest BCUT2D eigenvalue weighted by Crippen LogP contribution is 2.23. The predicted octanol–water partition coefficient (Wildman–Crippen LogP) is 3.89. The van der Waals surface area contributed by atoms with E-state index in [1.807, 2.05) is 67.5 Å². The minimum Gasteiger partial charge on any atom is -0.497 e. The summed E-state index contributed by atoms with van der Waals surface area (Å²) in [5.74, 6) is 0.682. The smallest absolute Gasteiger partial charge is 0.252 e. The molecule has 0 spiro atoms. The number of carbonyl (C=O) groups is 1. The molecule has 3 aromatic heterocycles. The van der Waals surface area contributed by atoms with E-state index in [2.05, 4.69) is 26.4 Å². The molecule has 0 bridgehead atoms. The molecule has 1 atom stereocenters. The van der Waals surface area contributed by atoms with Crippen LogP contribution in [0.5, 0.6) is 5.75 Å². The molecule has 8 heteroatoms. The number of pyridine rings is 1. The Morgan fingerprint density at radius 1 is 1.25 bits per heavy atom. The third kappa shape index (κ3) is 4.66. The number of thiophene rings is 1. The van der Waals surface area contributed by atoms with Gasteiger partial charge in [0.15, 0.2) is 5.65 Å². The summed E-state index contributed by atoms with van der Waals surface area (Å²) < 4.78 is 7.11. The first-order valence-electron chi connectivity index (χ1n) is 10.4. The summed E-state index contributed by atoms with van der Waals surface area (Å²) in [7, 11) is 5.66. The van der Waals surface area contributed by atoms with Gasteiger partial charge in [-0.25, -0.2) is 9.67 Å². The van der Waals surface area contributed by atoms with Crippen LogP contribution in [0.3, 0.4) is 0 Å². The number of hydrogen-bond donors (Lipinski definition) is 1. The van der Waals surface area contributed by atoms with Crippen LogP contribution >= 0.6 is 11.3 Å². The SMILES string of the molecule is COc1ccc(C(CNC(=O)c2cc(C)nc3c2cnn3Cc2cccs2)N(C)C)cc1. The van der Waals surface area contributed by atoms with Gasteiger partial charge in [-0.1, -0.05) is 18.2 Å². The number of nitrogens with one attached hydrogen (secondary N) is 1. The molecule has 0 fully saturated rings. The highest BCUT2D eigenvalue weighted by atomic mass is 32.1. The van der Waals surface area contributed by atoms with Crippen molar-refractivity contribution in [1.82, 2.24) is 25.0 Å². The van der Waals surface area contributed by atoms with E-state index >= 15 is 0 Å². The lowest BCUT2D eigenvalue weighted by Crippen LogP contribution is -2.34. The van der Waals surface area contributed by atoms with Gasteiger partial charge < -0.3 is 15.0 Å². The van der Waals surface area contributed by atoms with E-state index in [-0.39, 0.29) is 11.9 Å². The number of likely N-dealkylation sites (N-methyl/N-ethyl adjacent to an activating group) is 1. The average molecular weight is 450 g/mol. The van der Waals surface area contributed by atoms with Crippen LogP contribution in [-0.4, -0.2) is 53.3 Å². The zero-order valence-corrected chi connectivity index (χ0v) is 19.5. The molecule has 3 heterocycles. The second kappa shape index (κ2) is 9.50. The van der Waals surface area contributed by atoms with Gasteiger partial charge in [0.25, 0.3) is 5.91 Å². The number of aromatic nitrogens is 3. The van der Waals surface area contributed by atoms with Crippen molar-refractivity contribution in [3.63, 3.8) is 0 Å². The molecular weight excluding hydrogens is 422 g/mol. The Kier molecular flexibility index (Phi) is 6.53. The topological polar surface area (TPSA) is 72.3 Å². The minimum absolute atomic E-state index is 0.0323. The maximum absolute atomic E-state index is 13.2. The Hall–Kier alpha value is -3.23. The Balaban J connectivity index is 1.55. The third-order valence-corrected chi connectivity index (χ3v) is 6.31. The van der Waals surface area contributed by atoms with E-state index in [0.29, 0.717) is 18.7 Å². The summed E-state index contributed by atoms with van der Waals surface area (Å²) in [4.78, 5) is 21.1. The first kappa shape index (κ1) is 22.0. The number of ether oxygens (including phenoxy) is 1. The molecule has 1 unspecified atom stereocenters. The van der Waals surface area contributed by atoms with Crippen LogP contribution in [-0.2, 0) is 6.54 Å². The lowest BCUT2D eigenvalue weighted by molar-refractivity contribution is 0.0943. The number of amides is 1. The molecule has 0 saturated carbocycles. The maximum Gasteiger partial charge on any atom is 0.252 e. The Morgan fingerprint density at radius 3 is 2.69 bits per heavy atom. The summed E-state index contributed by atoms with van der Waals surface area (Å²) in [5.41, 5.74) is 3.21. The number of nitrogens with zero attached hydrogens (tertiary/aromatic N) is 4. The summed E-state index contributed by atoms with van der Waals surface area (Å²) in [5, 5.41) is 10.4. The van der Waals surface area contributed by atoms with Gasteiger partial charge in [0.1, 0.15) is 5.75 Å². The lowest BCUT2D eigenvalue weighted by Gasteiger charge is -2.25. The Labute approximate surface area is 191 Å². The summed E-state index contributed by atoms with van der Waals surface area (Å²) in [6.45, 7) is 3.02. The van der Waals surface area contributed by atoms with Crippen molar-refractivity contribution in [3.8, 4) is 5.75 Å². The maximum atomic E-state index is 13.2. The van der Waals surface area contributed by atoms with Gasteiger partial charge in [0, 0.05) is 17.1 Å². The second-order valence-corrected chi connectivity index (χ2v) is 8.92. The molecule has 0 aliphatic carbocycles. The predicted molar refractivity (Wildman–Crippen MR) is 127 cm³/mol. The van der Waals surface area contributed by atoms with E-state index < -0.39 is 0 Å². The average Bonchev–Trinajstić information content (AvgIpc) is 3.44. The molecule has 0 radical (unpaired) electrons. The standard InChI is InChI=1S/C24H27N5O2S/c1-16-12-20(21-13-26-29(23(21)27-16)15-19-6-5-11-32-19)24(30)25-14-22(28(2)3)17-7-9-18(31-4)10-8-17/h5-13,22H,14-15H2,1-4H3,(H,25,30). The molecule has 0 aliphatic rings. The van der Waals surface area contributed by atoms with Crippen molar-refractivity contribution >= 4 is 28.3 Å². The fourth-order valence-corrected chi connectivity index (χ4v) is 4.42.